The number of fused-ring (bicyclic) bond motifs is 2. The van der Waals surface area contributed by atoms with Gasteiger partial charge in [-0.25, -0.2) is 23.4 Å². The summed E-state index contributed by atoms with van der Waals surface area (Å²) in [4.78, 5) is 21.2. The molecule has 2 aliphatic carbocycles. The van der Waals surface area contributed by atoms with Crippen molar-refractivity contribution in [2.45, 2.75) is 94.5 Å². The average Bonchev–Trinajstić information content (AvgIpc) is 3.25. The van der Waals surface area contributed by atoms with E-state index in [2.05, 4.69) is 22.6 Å². The summed E-state index contributed by atoms with van der Waals surface area (Å²) < 4.78 is 47.0. The summed E-state index contributed by atoms with van der Waals surface area (Å²) in [6.45, 7) is 7.50. The molecule has 220 valence electrons. The highest BCUT2D eigenvalue weighted by atomic mass is 32.2. The summed E-state index contributed by atoms with van der Waals surface area (Å²) in [6, 6.07) is 3.80. The zero-order valence-electron chi connectivity index (χ0n) is 23.5. The topological polar surface area (TPSA) is 113 Å². The molecule has 2 saturated carbocycles. The maximum absolute atomic E-state index is 13.9. The zero-order valence-corrected chi connectivity index (χ0v) is 24.3. The van der Waals surface area contributed by atoms with Gasteiger partial charge in [-0.05, 0) is 50.8 Å². The van der Waals surface area contributed by atoms with Gasteiger partial charge in [-0.1, -0.05) is 36.4 Å². The van der Waals surface area contributed by atoms with Crippen LogP contribution in [0.25, 0.3) is 11.2 Å². The first-order chi connectivity index (χ1) is 19.6. The van der Waals surface area contributed by atoms with E-state index < -0.39 is 17.4 Å². The van der Waals surface area contributed by atoms with Crippen molar-refractivity contribution in [1.82, 2.24) is 25.0 Å². The number of nitrogens with zero attached hydrogens (tertiary/aromatic N) is 5. The number of aromatic nitrogens is 5. The molecule has 3 aliphatic rings. The van der Waals surface area contributed by atoms with Crippen LogP contribution in [0.4, 0.5) is 14.6 Å². The van der Waals surface area contributed by atoms with Crippen molar-refractivity contribution in [3.05, 3.63) is 35.4 Å². The molecule has 6 unspecified atom stereocenters. The summed E-state index contributed by atoms with van der Waals surface area (Å²) >= 11 is 1.57. The summed E-state index contributed by atoms with van der Waals surface area (Å²) in [5.74, 6) is -1.44. The molecule has 3 fully saturated rings. The molecule has 6 atom stereocenters. The van der Waals surface area contributed by atoms with E-state index in [1.165, 1.54) is 13.0 Å². The minimum atomic E-state index is -0.856. The molecule has 3 heterocycles. The number of nitrogens with one attached hydrogen (secondary N) is 1. The Kier molecular flexibility index (Phi) is 7.62. The minimum Gasteiger partial charge on any atom is -0.465 e. The van der Waals surface area contributed by atoms with Crippen molar-refractivity contribution in [3.8, 4) is 0 Å². The van der Waals surface area contributed by atoms with E-state index in [-0.39, 0.29) is 48.7 Å². The molecular weight excluding hydrogens is 554 g/mol. The van der Waals surface area contributed by atoms with Gasteiger partial charge in [-0.15, -0.1) is 5.10 Å². The third-order valence-electron chi connectivity index (χ3n) is 7.88. The van der Waals surface area contributed by atoms with E-state index in [0.29, 0.717) is 28.6 Å². The lowest BCUT2D eigenvalue weighted by Gasteiger charge is -2.23. The van der Waals surface area contributed by atoms with E-state index >= 15 is 0 Å². The quantitative estimate of drug-likeness (QED) is 0.150. The van der Waals surface area contributed by atoms with Gasteiger partial charge in [0.2, 0.25) is 0 Å². The molecule has 6 rings (SSSR count). The Morgan fingerprint density at radius 3 is 2.76 bits per heavy atom. The molecule has 1 aromatic carbocycles. The van der Waals surface area contributed by atoms with Crippen molar-refractivity contribution in [3.63, 3.8) is 0 Å². The highest BCUT2D eigenvalue weighted by Gasteiger charge is 2.55. The lowest BCUT2D eigenvalue weighted by Crippen LogP contribution is -2.29. The minimum absolute atomic E-state index is 0.00654. The van der Waals surface area contributed by atoms with Gasteiger partial charge >= 0.3 is 5.97 Å². The Hall–Kier alpha value is -2.90. The standard InChI is InChI=1S/C28H34F2N6O4S/c1-5-6-9-41-27-32-25(31-20-12-17(20)15-7-8-18(29)19(30)10-15)22-26(33-27)36(35-34-22)21-11-16(13-38-14(2)37)23-24(21)40-28(3,4)39-23/h7-8,10,16-17,20-21,23-24H,5-6,9,11-13H2,1-4H3,(H,31,32,33). The number of hydrogen-bond donors (Lipinski definition) is 1. The molecule has 0 spiro atoms. The van der Waals surface area contributed by atoms with Crippen LogP contribution in [-0.4, -0.2) is 67.3 Å². The zero-order chi connectivity index (χ0) is 28.9. The van der Waals surface area contributed by atoms with E-state index in [1.54, 1.807) is 22.5 Å². The fraction of sp³-hybridized carbons (Fsp3) is 0.607. The highest BCUT2D eigenvalue weighted by molar-refractivity contribution is 7.99. The van der Waals surface area contributed by atoms with Gasteiger partial charge in [0.15, 0.2) is 39.6 Å². The normalized spacial score (nSPS) is 28.1. The van der Waals surface area contributed by atoms with Crippen LogP contribution in [0, 0.1) is 17.6 Å². The van der Waals surface area contributed by atoms with Gasteiger partial charge in [0.1, 0.15) is 6.10 Å². The van der Waals surface area contributed by atoms with Crippen molar-refractivity contribution in [1.29, 1.82) is 0 Å². The number of ether oxygens (including phenoxy) is 3. The molecule has 0 radical (unpaired) electrons. The van der Waals surface area contributed by atoms with Gasteiger partial charge in [-0.3, -0.25) is 4.79 Å². The van der Waals surface area contributed by atoms with E-state index in [9.17, 15) is 13.6 Å². The van der Waals surface area contributed by atoms with Crippen LogP contribution in [-0.2, 0) is 19.0 Å². The van der Waals surface area contributed by atoms with Crippen LogP contribution in [0.5, 0.6) is 0 Å². The SMILES string of the molecule is CCCCSc1nc(NC2CC2c2ccc(F)c(F)c2)c2nnn(C3CC(COC(C)=O)C4OC(C)(C)OC43)c2n1. The molecule has 1 saturated heterocycles. The van der Waals surface area contributed by atoms with Crippen molar-refractivity contribution in [2.75, 3.05) is 17.7 Å². The second kappa shape index (κ2) is 11.1. The monoisotopic (exact) mass is 588 g/mol. The first-order valence-corrected chi connectivity index (χ1v) is 15.1. The van der Waals surface area contributed by atoms with E-state index in [4.69, 9.17) is 24.2 Å². The fourth-order valence-electron chi connectivity index (χ4n) is 5.83. The molecule has 41 heavy (non-hydrogen) atoms. The molecule has 3 aromatic rings. The average molecular weight is 589 g/mol. The second-order valence-electron chi connectivity index (χ2n) is 11.5. The first kappa shape index (κ1) is 28.2. The van der Waals surface area contributed by atoms with Crippen molar-refractivity contribution in [2.24, 2.45) is 5.92 Å². The van der Waals surface area contributed by atoms with E-state index in [1.807, 2.05) is 13.8 Å². The second-order valence-corrected chi connectivity index (χ2v) is 12.5. The van der Waals surface area contributed by atoms with Crippen LogP contribution in [0.2, 0.25) is 0 Å². The third kappa shape index (κ3) is 5.76. The number of halogens is 2. The first-order valence-electron chi connectivity index (χ1n) is 14.1. The van der Waals surface area contributed by atoms with Crippen LogP contribution in [0.15, 0.2) is 23.4 Å². The van der Waals surface area contributed by atoms with E-state index in [0.717, 1.165) is 36.6 Å². The Balaban J connectivity index is 1.31. The molecule has 0 bridgehead atoms. The number of esters is 1. The molecule has 0 amide bonds. The third-order valence-corrected chi connectivity index (χ3v) is 8.82. The molecular formula is C28H34F2N6O4S. The van der Waals surface area contributed by atoms with Gasteiger partial charge < -0.3 is 19.5 Å². The molecule has 2 aromatic heterocycles. The van der Waals surface area contributed by atoms with Crippen LogP contribution >= 0.6 is 11.8 Å². The van der Waals surface area contributed by atoms with Crippen LogP contribution in [0.1, 0.15) is 70.9 Å². The summed E-state index contributed by atoms with van der Waals surface area (Å²) in [5, 5.41) is 13.1. The number of anilines is 1. The van der Waals surface area contributed by atoms with Gasteiger partial charge in [0.05, 0.1) is 18.8 Å². The number of unbranched alkanes of at least 4 members (excludes halogenated alkanes) is 1. The van der Waals surface area contributed by atoms with Crippen LogP contribution < -0.4 is 5.32 Å². The fourth-order valence-corrected chi connectivity index (χ4v) is 6.75. The Morgan fingerprint density at radius 2 is 2.00 bits per heavy atom. The Morgan fingerprint density at radius 1 is 1.20 bits per heavy atom. The predicted octanol–water partition coefficient (Wildman–Crippen LogP) is 5.00. The number of carbonyl (C=O) groups is 1. The van der Waals surface area contributed by atoms with Crippen molar-refractivity contribution >= 4 is 34.7 Å². The molecule has 1 aliphatic heterocycles. The number of benzene rings is 1. The molecule has 10 nitrogen and oxygen atoms in total. The van der Waals surface area contributed by atoms with Crippen molar-refractivity contribution < 1.29 is 27.8 Å². The predicted molar refractivity (Wildman–Crippen MR) is 147 cm³/mol. The maximum Gasteiger partial charge on any atom is 0.302 e. The molecule has 1 N–H and O–H groups in total. The number of carbonyl (C=O) groups excluding carboxylic acids is 1. The summed E-state index contributed by atoms with van der Waals surface area (Å²) in [7, 11) is 0. The van der Waals surface area contributed by atoms with Gasteiger partial charge in [-0.2, -0.15) is 0 Å². The number of thioether (sulfide) groups is 1. The highest BCUT2D eigenvalue weighted by Crippen LogP contribution is 2.48. The number of hydrogen-bond acceptors (Lipinski definition) is 10. The smallest absolute Gasteiger partial charge is 0.302 e. The Bertz CT molecular complexity index is 1450. The summed E-state index contributed by atoms with van der Waals surface area (Å²) in [5.41, 5.74) is 1.85. The van der Waals surface area contributed by atoms with Gasteiger partial charge in [0.25, 0.3) is 0 Å². The number of rotatable bonds is 10. The summed E-state index contributed by atoms with van der Waals surface area (Å²) in [6.07, 6.45) is 2.86. The molecule has 13 heteroatoms. The lowest BCUT2D eigenvalue weighted by molar-refractivity contribution is -0.164. The Labute approximate surface area is 240 Å². The maximum atomic E-state index is 13.9. The van der Waals surface area contributed by atoms with Gasteiger partial charge in [0, 0.05) is 30.6 Å². The lowest BCUT2D eigenvalue weighted by atomic mass is 10.1. The van der Waals surface area contributed by atoms with Crippen LogP contribution in [0.3, 0.4) is 0 Å². The largest absolute Gasteiger partial charge is 0.465 e.